The quantitative estimate of drug-likeness (QED) is 0.794. The summed E-state index contributed by atoms with van der Waals surface area (Å²) in [5.74, 6) is 0.0962. The molecule has 1 atom stereocenters. The molecule has 2 aliphatic rings. The summed E-state index contributed by atoms with van der Waals surface area (Å²) in [4.78, 5) is 28.0. The highest BCUT2D eigenvalue weighted by molar-refractivity contribution is 9.10. The number of hydrogen-bond donors (Lipinski definition) is 0. The van der Waals surface area contributed by atoms with E-state index >= 15 is 0 Å². The Morgan fingerprint density at radius 3 is 2.89 bits per heavy atom. The minimum Gasteiger partial charge on any atom is -0.329 e. The van der Waals surface area contributed by atoms with Crippen LogP contribution < -0.4 is 4.90 Å². The molecular weight excluding hydrogens is 308 g/mol. The summed E-state index contributed by atoms with van der Waals surface area (Å²) in [5, 5.41) is 0. The summed E-state index contributed by atoms with van der Waals surface area (Å²) >= 11 is 3.52. The van der Waals surface area contributed by atoms with Gasteiger partial charge in [0.15, 0.2) is 0 Å². The molecule has 5 heteroatoms. The van der Waals surface area contributed by atoms with Crippen LogP contribution in [-0.2, 0) is 9.59 Å². The molecule has 0 radical (unpaired) electrons. The Morgan fingerprint density at radius 2 is 2.11 bits per heavy atom. The largest absolute Gasteiger partial charge is 0.329 e. The summed E-state index contributed by atoms with van der Waals surface area (Å²) in [6.07, 6.45) is 1.70. The first kappa shape index (κ1) is 12.7. The molecule has 1 unspecified atom stereocenters. The van der Waals surface area contributed by atoms with Crippen LogP contribution in [0.1, 0.15) is 18.4 Å². The molecule has 1 aromatic carbocycles. The molecule has 2 fully saturated rings. The topological polar surface area (TPSA) is 40.6 Å². The number of anilines is 1. The third-order valence-electron chi connectivity index (χ3n) is 3.88. The van der Waals surface area contributed by atoms with Crippen molar-refractivity contribution < 1.29 is 9.59 Å². The van der Waals surface area contributed by atoms with Gasteiger partial charge in [0, 0.05) is 11.0 Å². The lowest BCUT2D eigenvalue weighted by molar-refractivity contribution is -0.140. The molecule has 1 aromatic rings. The molecule has 100 valence electrons. The molecule has 19 heavy (non-hydrogen) atoms. The lowest BCUT2D eigenvalue weighted by atomic mass is 10.1. The zero-order chi connectivity index (χ0) is 13.6. The molecule has 2 saturated heterocycles. The summed E-state index contributed by atoms with van der Waals surface area (Å²) in [6.45, 7) is 2.85. The predicted molar refractivity (Wildman–Crippen MR) is 76.0 cm³/mol. The van der Waals surface area contributed by atoms with Crippen molar-refractivity contribution in [3.05, 3.63) is 28.2 Å². The van der Waals surface area contributed by atoms with Gasteiger partial charge >= 0.3 is 0 Å². The SMILES string of the molecule is Cc1cccc(N2CC(=O)N3CCCC3C2=O)c1Br. The number of halogens is 1. The molecule has 4 nitrogen and oxygen atoms in total. The van der Waals surface area contributed by atoms with Gasteiger partial charge in [-0.1, -0.05) is 12.1 Å². The van der Waals surface area contributed by atoms with Crippen molar-refractivity contribution in [3.8, 4) is 0 Å². The first-order valence-electron chi connectivity index (χ1n) is 6.45. The van der Waals surface area contributed by atoms with E-state index in [0.29, 0.717) is 0 Å². The maximum atomic E-state index is 12.5. The van der Waals surface area contributed by atoms with E-state index in [2.05, 4.69) is 15.9 Å². The van der Waals surface area contributed by atoms with Crippen LogP contribution in [0.5, 0.6) is 0 Å². The first-order chi connectivity index (χ1) is 9.09. The van der Waals surface area contributed by atoms with Gasteiger partial charge < -0.3 is 9.80 Å². The number of nitrogens with zero attached hydrogens (tertiary/aromatic N) is 2. The first-order valence-corrected chi connectivity index (χ1v) is 7.25. The highest BCUT2D eigenvalue weighted by Crippen LogP contribution is 2.33. The van der Waals surface area contributed by atoms with Crippen LogP contribution >= 0.6 is 15.9 Å². The van der Waals surface area contributed by atoms with Crippen molar-refractivity contribution in [2.24, 2.45) is 0 Å². The number of carbonyl (C=O) groups excluding carboxylic acids is 2. The van der Waals surface area contributed by atoms with E-state index in [1.807, 2.05) is 25.1 Å². The van der Waals surface area contributed by atoms with Crippen LogP contribution in [0.3, 0.4) is 0 Å². The molecule has 2 aliphatic heterocycles. The monoisotopic (exact) mass is 322 g/mol. The van der Waals surface area contributed by atoms with E-state index in [9.17, 15) is 9.59 Å². The fraction of sp³-hybridized carbons (Fsp3) is 0.429. The third-order valence-corrected chi connectivity index (χ3v) is 4.91. The highest BCUT2D eigenvalue weighted by Gasteiger charge is 2.42. The minimum absolute atomic E-state index is 0.0448. The van der Waals surface area contributed by atoms with Crippen LogP contribution in [0.25, 0.3) is 0 Å². The van der Waals surface area contributed by atoms with Gasteiger partial charge in [-0.25, -0.2) is 0 Å². The predicted octanol–water partition coefficient (Wildman–Crippen LogP) is 2.10. The molecule has 0 aliphatic carbocycles. The maximum Gasteiger partial charge on any atom is 0.250 e. The van der Waals surface area contributed by atoms with Crippen molar-refractivity contribution in [1.29, 1.82) is 0 Å². The molecule has 2 heterocycles. The zero-order valence-corrected chi connectivity index (χ0v) is 12.3. The summed E-state index contributed by atoms with van der Waals surface area (Å²) in [5.41, 5.74) is 1.86. The second-order valence-corrected chi connectivity index (χ2v) is 5.87. The number of fused-ring (bicyclic) bond motifs is 1. The van der Waals surface area contributed by atoms with Crippen molar-refractivity contribution >= 4 is 33.4 Å². The summed E-state index contributed by atoms with van der Waals surface area (Å²) in [7, 11) is 0. The molecule has 3 rings (SSSR count). The van der Waals surface area contributed by atoms with Gasteiger partial charge in [0.2, 0.25) is 11.8 Å². The molecule has 0 bridgehead atoms. The molecule has 0 N–H and O–H groups in total. The number of hydrogen-bond acceptors (Lipinski definition) is 2. The average molecular weight is 323 g/mol. The van der Waals surface area contributed by atoms with Crippen LogP contribution in [-0.4, -0.2) is 35.8 Å². The fourth-order valence-corrected chi connectivity index (χ4v) is 3.33. The molecule has 2 amide bonds. The van der Waals surface area contributed by atoms with Crippen LogP contribution in [0, 0.1) is 6.92 Å². The Morgan fingerprint density at radius 1 is 1.32 bits per heavy atom. The Balaban J connectivity index is 1.99. The van der Waals surface area contributed by atoms with Gasteiger partial charge in [-0.15, -0.1) is 0 Å². The standard InChI is InChI=1S/C14H15BrN2O2/c1-9-4-2-5-10(13(9)15)17-8-12(18)16-7-3-6-11(16)14(17)19/h2,4-5,11H,3,6-8H2,1H3. The van der Waals surface area contributed by atoms with E-state index in [0.717, 1.165) is 35.1 Å². The Kier molecular flexibility index (Phi) is 3.09. The number of carbonyl (C=O) groups is 2. The average Bonchev–Trinajstić information content (AvgIpc) is 2.87. The van der Waals surface area contributed by atoms with Crippen LogP contribution in [0.2, 0.25) is 0 Å². The number of benzene rings is 1. The smallest absolute Gasteiger partial charge is 0.250 e. The van der Waals surface area contributed by atoms with E-state index in [4.69, 9.17) is 0 Å². The van der Waals surface area contributed by atoms with Crippen LogP contribution in [0.4, 0.5) is 5.69 Å². The molecule has 0 aromatic heterocycles. The van der Waals surface area contributed by atoms with Crippen molar-refractivity contribution in [2.75, 3.05) is 18.0 Å². The number of amides is 2. The van der Waals surface area contributed by atoms with E-state index in [-0.39, 0.29) is 24.4 Å². The lowest BCUT2D eigenvalue weighted by Crippen LogP contribution is -2.57. The number of aryl methyl sites for hydroxylation is 1. The number of piperazine rings is 1. The van der Waals surface area contributed by atoms with Crippen molar-refractivity contribution in [2.45, 2.75) is 25.8 Å². The summed E-state index contributed by atoms with van der Waals surface area (Å²) < 4.78 is 0.891. The zero-order valence-electron chi connectivity index (χ0n) is 10.7. The second kappa shape index (κ2) is 4.63. The summed E-state index contributed by atoms with van der Waals surface area (Å²) in [6, 6.07) is 5.51. The Hall–Kier alpha value is -1.36. The maximum absolute atomic E-state index is 12.5. The molecule has 0 saturated carbocycles. The van der Waals surface area contributed by atoms with Crippen molar-refractivity contribution in [1.82, 2.24) is 4.90 Å². The van der Waals surface area contributed by atoms with Gasteiger partial charge in [0.1, 0.15) is 12.6 Å². The molecular formula is C14H15BrN2O2. The normalized spacial score (nSPS) is 22.9. The van der Waals surface area contributed by atoms with E-state index < -0.39 is 0 Å². The number of rotatable bonds is 1. The van der Waals surface area contributed by atoms with Crippen molar-refractivity contribution in [3.63, 3.8) is 0 Å². The fourth-order valence-electron chi connectivity index (χ4n) is 2.85. The van der Waals surface area contributed by atoms with Gasteiger partial charge in [-0.2, -0.15) is 0 Å². The Labute approximate surface area is 120 Å². The van der Waals surface area contributed by atoms with Gasteiger partial charge in [0.05, 0.1) is 5.69 Å². The molecule has 0 spiro atoms. The minimum atomic E-state index is -0.256. The lowest BCUT2D eigenvalue weighted by Gasteiger charge is -2.36. The van der Waals surface area contributed by atoms with E-state index in [1.54, 1.807) is 9.80 Å². The Bertz CT molecular complexity index is 558. The van der Waals surface area contributed by atoms with Gasteiger partial charge in [-0.05, 0) is 47.3 Å². The van der Waals surface area contributed by atoms with Gasteiger partial charge in [0.25, 0.3) is 0 Å². The van der Waals surface area contributed by atoms with Crippen LogP contribution in [0.15, 0.2) is 22.7 Å². The van der Waals surface area contributed by atoms with Gasteiger partial charge in [-0.3, -0.25) is 9.59 Å². The third kappa shape index (κ3) is 1.96. The highest BCUT2D eigenvalue weighted by atomic mass is 79.9. The second-order valence-electron chi connectivity index (χ2n) is 5.08. The van der Waals surface area contributed by atoms with E-state index in [1.165, 1.54) is 0 Å².